The fourth-order valence-electron chi connectivity index (χ4n) is 3.16. The van der Waals surface area contributed by atoms with E-state index in [1.165, 1.54) is 11.1 Å². The molecular weight excluding hydrogens is 400 g/mol. The average Bonchev–Trinajstić information content (AvgIpc) is 2.85. The van der Waals surface area contributed by atoms with E-state index in [2.05, 4.69) is 70.7 Å². The highest BCUT2D eigenvalue weighted by Gasteiger charge is 2.11. The molecule has 6 heteroatoms. The number of nitrogens with two attached hydrogens (primary N) is 1. The zero-order valence-corrected chi connectivity index (χ0v) is 18.8. The molecule has 4 rings (SSSR count). The Kier molecular flexibility index (Phi) is 8.40. The first-order valence-corrected chi connectivity index (χ1v) is 10.6. The van der Waals surface area contributed by atoms with Crippen LogP contribution >= 0.6 is 0 Å². The minimum atomic E-state index is 0.643. The second-order valence-corrected chi connectivity index (χ2v) is 7.22. The number of hydrogen-bond acceptors (Lipinski definition) is 6. The standard InChI is InChI=1S/C23H21N3O2.C3H9N/c1-27-21-13-19-20(14-22(21)28-2)24-15-25-23(19)26-18-10-8-17(9-11-18)12-16-6-4-3-5-7-16;1-2-3-4/h3-11,13-15H,12H2,1-2H3,(H,24,25,26);2-4H2,1H3. The van der Waals surface area contributed by atoms with Crippen molar-refractivity contribution in [2.75, 3.05) is 26.1 Å². The second kappa shape index (κ2) is 11.7. The Morgan fingerprint density at radius 3 is 2.09 bits per heavy atom. The zero-order chi connectivity index (χ0) is 22.8. The van der Waals surface area contributed by atoms with Crippen LogP contribution < -0.4 is 20.5 Å². The number of rotatable bonds is 7. The van der Waals surface area contributed by atoms with Gasteiger partial charge in [-0.25, -0.2) is 9.97 Å². The van der Waals surface area contributed by atoms with Crippen molar-refractivity contribution in [1.29, 1.82) is 0 Å². The van der Waals surface area contributed by atoms with Crippen LogP contribution in [0.1, 0.15) is 24.5 Å². The fourth-order valence-corrected chi connectivity index (χ4v) is 3.16. The molecule has 1 aromatic heterocycles. The predicted octanol–water partition coefficient (Wildman–Crippen LogP) is 5.34. The van der Waals surface area contributed by atoms with Crippen molar-refractivity contribution in [3.8, 4) is 11.5 Å². The van der Waals surface area contributed by atoms with Gasteiger partial charge in [-0.1, -0.05) is 49.4 Å². The molecule has 0 atom stereocenters. The maximum atomic E-state index is 5.41. The maximum Gasteiger partial charge on any atom is 0.162 e. The highest BCUT2D eigenvalue weighted by atomic mass is 16.5. The van der Waals surface area contributed by atoms with Crippen molar-refractivity contribution < 1.29 is 9.47 Å². The van der Waals surface area contributed by atoms with Crippen LogP contribution in [-0.2, 0) is 6.42 Å². The van der Waals surface area contributed by atoms with Crippen LogP contribution in [0, 0.1) is 0 Å². The lowest BCUT2D eigenvalue weighted by atomic mass is 10.0. The van der Waals surface area contributed by atoms with Crippen LogP contribution in [0.15, 0.2) is 73.1 Å². The predicted molar refractivity (Wildman–Crippen MR) is 131 cm³/mol. The van der Waals surface area contributed by atoms with E-state index in [4.69, 9.17) is 15.2 Å². The van der Waals surface area contributed by atoms with Gasteiger partial charge in [-0.05, 0) is 48.7 Å². The van der Waals surface area contributed by atoms with E-state index in [0.717, 1.165) is 41.8 Å². The molecule has 0 aliphatic carbocycles. The minimum absolute atomic E-state index is 0.643. The summed E-state index contributed by atoms with van der Waals surface area (Å²) in [6.45, 7) is 2.88. The number of fused-ring (bicyclic) bond motifs is 1. The number of methoxy groups -OCH3 is 2. The third-order valence-corrected chi connectivity index (χ3v) is 4.90. The van der Waals surface area contributed by atoms with Gasteiger partial charge in [0.05, 0.1) is 19.7 Å². The molecule has 3 aromatic carbocycles. The van der Waals surface area contributed by atoms with E-state index in [1.807, 2.05) is 18.2 Å². The van der Waals surface area contributed by atoms with Gasteiger partial charge in [-0.15, -0.1) is 0 Å². The smallest absolute Gasteiger partial charge is 0.162 e. The molecule has 0 amide bonds. The number of ether oxygens (including phenoxy) is 2. The molecular formula is C26H30N4O2. The number of anilines is 2. The Bertz CT molecular complexity index is 1110. The largest absolute Gasteiger partial charge is 0.493 e. The van der Waals surface area contributed by atoms with E-state index in [-0.39, 0.29) is 0 Å². The van der Waals surface area contributed by atoms with Crippen molar-refractivity contribution in [1.82, 2.24) is 9.97 Å². The summed E-state index contributed by atoms with van der Waals surface area (Å²) < 4.78 is 10.8. The van der Waals surface area contributed by atoms with E-state index >= 15 is 0 Å². The van der Waals surface area contributed by atoms with Crippen LogP contribution in [0.25, 0.3) is 10.9 Å². The summed E-state index contributed by atoms with van der Waals surface area (Å²) in [4.78, 5) is 8.75. The van der Waals surface area contributed by atoms with Crippen LogP contribution in [0.5, 0.6) is 11.5 Å². The first-order valence-electron chi connectivity index (χ1n) is 10.6. The zero-order valence-electron chi connectivity index (χ0n) is 18.8. The number of aromatic nitrogens is 2. The van der Waals surface area contributed by atoms with E-state index in [9.17, 15) is 0 Å². The molecule has 0 radical (unpaired) electrons. The van der Waals surface area contributed by atoms with Crippen molar-refractivity contribution in [2.45, 2.75) is 19.8 Å². The summed E-state index contributed by atoms with van der Waals surface area (Å²) in [5.74, 6) is 2.01. The molecule has 166 valence electrons. The summed E-state index contributed by atoms with van der Waals surface area (Å²) in [5, 5.41) is 4.25. The number of nitrogens with zero attached hydrogens (tertiary/aromatic N) is 2. The molecule has 0 saturated carbocycles. The van der Waals surface area contributed by atoms with Gasteiger partial charge >= 0.3 is 0 Å². The molecule has 0 aliphatic rings. The normalized spacial score (nSPS) is 10.2. The lowest BCUT2D eigenvalue weighted by Crippen LogP contribution is -1.98. The quantitative estimate of drug-likeness (QED) is 0.412. The van der Waals surface area contributed by atoms with Crippen molar-refractivity contribution in [3.63, 3.8) is 0 Å². The van der Waals surface area contributed by atoms with Gasteiger partial charge in [-0.2, -0.15) is 0 Å². The first kappa shape index (κ1) is 23.0. The number of benzene rings is 3. The second-order valence-electron chi connectivity index (χ2n) is 7.22. The third kappa shape index (κ3) is 5.95. The van der Waals surface area contributed by atoms with Crippen molar-refractivity contribution in [3.05, 3.63) is 84.2 Å². The molecule has 0 fully saturated rings. The van der Waals surface area contributed by atoms with Crippen LogP contribution in [-0.4, -0.2) is 30.7 Å². The summed E-state index contributed by atoms with van der Waals surface area (Å²) in [6.07, 6.45) is 3.55. The molecule has 32 heavy (non-hydrogen) atoms. The highest BCUT2D eigenvalue weighted by molar-refractivity contribution is 5.93. The van der Waals surface area contributed by atoms with Crippen molar-refractivity contribution in [2.24, 2.45) is 5.73 Å². The molecule has 0 unspecified atom stereocenters. The number of hydrogen-bond donors (Lipinski definition) is 2. The topological polar surface area (TPSA) is 82.3 Å². The van der Waals surface area contributed by atoms with Gasteiger partial charge in [-0.3, -0.25) is 0 Å². The van der Waals surface area contributed by atoms with Gasteiger partial charge in [0, 0.05) is 17.1 Å². The lowest BCUT2D eigenvalue weighted by Gasteiger charge is -2.12. The van der Waals surface area contributed by atoms with E-state index < -0.39 is 0 Å². The molecule has 0 aliphatic heterocycles. The highest BCUT2D eigenvalue weighted by Crippen LogP contribution is 2.34. The summed E-state index contributed by atoms with van der Waals surface area (Å²) >= 11 is 0. The molecule has 4 aromatic rings. The van der Waals surface area contributed by atoms with Gasteiger partial charge in [0.2, 0.25) is 0 Å². The van der Waals surface area contributed by atoms with Crippen molar-refractivity contribution >= 4 is 22.4 Å². The maximum absolute atomic E-state index is 5.41. The van der Waals surface area contributed by atoms with Gasteiger partial charge in [0.1, 0.15) is 12.1 Å². The van der Waals surface area contributed by atoms with Crippen LogP contribution in [0.4, 0.5) is 11.5 Å². The first-order chi connectivity index (χ1) is 15.7. The Morgan fingerprint density at radius 1 is 0.844 bits per heavy atom. The van der Waals surface area contributed by atoms with E-state index in [1.54, 1.807) is 20.5 Å². The monoisotopic (exact) mass is 430 g/mol. The molecule has 3 N–H and O–H groups in total. The fraction of sp³-hybridized carbons (Fsp3) is 0.231. The van der Waals surface area contributed by atoms with Crippen LogP contribution in [0.2, 0.25) is 0 Å². The Hall–Kier alpha value is -3.64. The summed E-state index contributed by atoms with van der Waals surface area (Å²) in [5.41, 5.74) is 9.34. The Labute approximate surface area is 189 Å². The SMILES string of the molecule is CCCN.COc1cc2ncnc(Nc3ccc(Cc4ccccc4)cc3)c2cc1OC. The molecule has 0 spiro atoms. The van der Waals surface area contributed by atoms with Gasteiger partial charge < -0.3 is 20.5 Å². The molecule has 0 bridgehead atoms. The minimum Gasteiger partial charge on any atom is -0.493 e. The summed E-state index contributed by atoms with van der Waals surface area (Å²) in [6, 6.07) is 22.6. The van der Waals surface area contributed by atoms with Gasteiger partial charge in [0.15, 0.2) is 11.5 Å². The molecule has 0 saturated heterocycles. The summed E-state index contributed by atoms with van der Waals surface area (Å²) in [7, 11) is 3.23. The lowest BCUT2D eigenvalue weighted by molar-refractivity contribution is 0.356. The van der Waals surface area contributed by atoms with Gasteiger partial charge in [0.25, 0.3) is 0 Å². The van der Waals surface area contributed by atoms with Crippen LogP contribution in [0.3, 0.4) is 0 Å². The van der Waals surface area contributed by atoms with E-state index in [0.29, 0.717) is 11.5 Å². The Morgan fingerprint density at radius 2 is 1.47 bits per heavy atom. The average molecular weight is 431 g/mol. The Balaban J connectivity index is 0.000000668. The molecule has 1 heterocycles. The third-order valence-electron chi connectivity index (χ3n) is 4.90. The number of nitrogens with one attached hydrogen (secondary N) is 1. The molecule has 6 nitrogen and oxygen atoms in total.